The number of nitrogens with one attached hydrogen (secondary N) is 1. The number of carbonyl (C=O) groups excluding carboxylic acids is 1. The summed E-state index contributed by atoms with van der Waals surface area (Å²) in [4.78, 5) is 27.2. The van der Waals surface area contributed by atoms with Gasteiger partial charge >= 0.3 is 5.97 Å². The Morgan fingerprint density at radius 3 is 2.95 bits per heavy atom. The Labute approximate surface area is 135 Å². The molecule has 1 aromatic heterocycles. The van der Waals surface area contributed by atoms with Gasteiger partial charge in [-0.25, -0.2) is 9.78 Å². The van der Waals surface area contributed by atoms with E-state index in [4.69, 9.17) is 5.11 Å². The molecule has 2 N–H and O–H groups in total. The highest BCUT2D eigenvalue weighted by molar-refractivity contribution is 8.00. The Hall–Kier alpha value is -1.86. The molecule has 7 heteroatoms. The number of fused-ring (bicyclic) bond motifs is 1. The van der Waals surface area contributed by atoms with Crippen LogP contribution in [0.4, 0.5) is 0 Å². The maximum Gasteiger partial charge on any atom is 0.355 e. The van der Waals surface area contributed by atoms with E-state index in [0.29, 0.717) is 5.01 Å². The van der Waals surface area contributed by atoms with Gasteiger partial charge in [0.1, 0.15) is 10.3 Å². The molecular formula is C15H14N2O3S2. The molecule has 5 nitrogen and oxygen atoms in total. The van der Waals surface area contributed by atoms with Crippen LogP contribution < -0.4 is 5.32 Å². The number of hydrogen-bond acceptors (Lipinski definition) is 5. The number of aromatic nitrogens is 1. The second-order valence-corrected chi connectivity index (χ2v) is 7.00. The van der Waals surface area contributed by atoms with Crippen molar-refractivity contribution in [3.63, 3.8) is 0 Å². The number of carbonyl (C=O) groups is 2. The van der Waals surface area contributed by atoms with Gasteiger partial charge in [0.25, 0.3) is 0 Å². The van der Waals surface area contributed by atoms with Gasteiger partial charge in [-0.1, -0.05) is 24.3 Å². The number of hydrogen-bond donors (Lipinski definition) is 2. The number of thiazole rings is 1. The average molecular weight is 334 g/mol. The average Bonchev–Trinajstić information content (AvgIpc) is 3.01. The van der Waals surface area contributed by atoms with Crippen molar-refractivity contribution in [3.8, 4) is 0 Å². The van der Waals surface area contributed by atoms with Gasteiger partial charge in [0, 0.05) is 5.38 Å². The second kappa shape index (κ2) is 6.50. The molecule has 1 amide bonds. The highest BCUT2D eigenvalue weighted by atomic mass is 32.2. The summed E-state index contributed by atoms with van der Waals surface area (Å²) < 4.78 is 0. The van der Waals surface area contributed by atoms with E-state index in [1.54, 1.807) is 11.8 Å². The summed E-state index contributed by atoms with van der Waals surface area (Å²) >= 11 is 2.87. The molecule has 1 aliphatic rings. The summed E-state index contributed by atoms with van der Waals surface area (Å²) in [6, 6.07) is 8.00. The third-order valence-corrected chi connectivity index (χ3v) is 5.51. The van der Waals surface area contributed by atoms with Crippen LogP contribution in [0.2, 0.25) is 0 Å². The van der Waals surface area contributed by atoms with Gasteiger partial charge in [0.05, 0.1) is 6.54 Å². The maximum absolute atomic E-state index is 12.4. The second-order valence-electron chi connectivity index (χ2n) is 4.85. The number of carboxylic acids is 1. The molecule has 0 saturated heterocycles. The zero-order valence-electron chi connectivity index (χ0n) is 11.6. The van der Waals surface area contributed by atoms with Crippen LogP contribution in [0.15, 0.2) is 29.6 Å². The lowest BCUT2D eigenvalue weighted by molar-refractivity contribution is -0.120. The summed E-state index contributed by atoms with van der Waals surface area (Å²) in [5.74, 6) is -0.176. The molecule has 1 aromatic carbocycles. The first-order valence-corrected chi connectivity index (χ1v) is 8.73. The van der Waals surface area contributed by atoms with Crippen molar-refractivity contribution in [2.24, 2.45) is 0 Å². The van der Waals surface area contributed by atoms with Crippen molar-refractivity contribution in [3.05, 3.63) is 51.5 Å². The van der Waals surface area contributed by atoms with E-state index in [1.165, 1.54) is 22.3 Å². The molecule has 0 fully saturated rings. The molecule has 3 rings (SSSR count). The summed E-state index contributed by atoms with van der Waals surface area (Å²) in [6.45, 7) is 0.260. The zero-order chi connectivity index (χ0) is 15.5. The van der Waals surface area contributed by atoms with E-state index < -0.39 is 5.97 Å². The fourth-order valence-corrected chi connectivity index (χ4v) is 4.28. The summed E-state index contributed by atoms with van der Waals surface area (Å²) in [5, 5.41) is 13.6. The SMILES string of the molecule is O=C(O)c1csc(CNC(=O)C2SCCc3ccccc32)n1. The first-order valence-electron chi connectivity index (χ1n) is 6.80. The molecule has 2 heterocycles. The Bertz CT molecular complexity index is 714. The predicted octanol–water partition coefficient (Wildman–Crippen LogP) is 2.49. The van der Waals surface area contributed by atoms with Gasteiger partial charge in [-0.3, -0.25) is 4.79 Å². The van der Waals surface area contributed by atoms with Gasteiger partial charge in [-0.15, -0.1) is 23.1 Å². The number of rotatable bonds is 4. The van der Waals surface area contributed by atoms with E-state index in [2.05, 4.69) is 16.4 Å². The molecule has 0 aliphatic carbocycles. The Kier molecular flexibility index (Phi) is 4.44. The Morgan fingerprint density at radius 2 is 2.18 bits per heavy atom. The third kappa shape index (κ3) is 3.15. The minimum Gasteiger partial charge on any atom is -0.476 e. The highest BCUT2D eigenvalue weighted by Gasteiger charge is 2.26. The van der Waals surface area contributed by atoms with Crippen LogP contribution in [0.25, 0.3) is 0 Å². The number of thioether (sulfide) groups is 1. The predicted molar refractivity (Wildman–Crippen MR) is 86.3 cm³/mol. The minimum absolute atomic E-state index is 0.0200. The van der Waals surface area contributed by atoms with E-state index in [-0.39, 0.29) is 23.4 Å². The monoisotopic (exact) mass is 334 g/mol. The lowest BCUT2D eigenvalue weighted by Gasteiger charge is -2.24. The number of carboxylic acid groups (broad SMARTS) is 1. The molecule has 1 aliphatic heterocycles. The molecule has 1 atom stereocenters. The molecule has 0 saturated carbocycles. The molecule has 2 aromatic rings. The van der Waals surface area contributed by atoms with E-state index in [9.17, 15) is 9.59 Å². The molecule has 22 heavy (non-hydrogen) atoms. The standard InChI is InChI=1S/C15H14N2O3S2/c18-14(16-7-12-17-11(8-22-12)15(19)20)13-10-4-2-1-3-9(10)5-6-21-13/h1-4,8,13H,5-7H2,(H,16,18)(H,19,20). The lowest BCUT2D eigenvalue weighted by Crippen LogP contribution is -2.29. The van der Waals surface area contributed by atoms with E-state index in [1.807, 2.05) is 18.2 Å². The number of aryl methyl sites for hydroxylation is 1. The normalized spacial score (nSPS) is 16.8. The van der Waals surface area contributed by atoms with E-state index >= 15 is 0 Å². The first kappa shape index (κ1) is 15.1. The first-order chi connectivity index (χ1) is 10.6. The van der Waals surface area contributed by atoms with Gasteiger partial charge in [-0.2, -0.15) is 0 Å². The largest absolute Gasteiger partial charge is 0.476 e. The highest BCUT2D eigenvalue weighted by Crippen LogP contribution is 2.36. The maximum atomic E-state index is 12.4. The lowest BCUT2D eigenvalue weighted by atomic mass is 10.0. The summed E-state index contributed by atoms with van der Waals surface area (Å²) in [5.41, 5.74) is 2.32. The number of benzene rings is 1. The quantitative estimate of drug-likeness (QED) is 0.898. The fourth-order valence-electron chi connectivity index (χ4n) is 2.36. The van der Waals surface area contributed by atoms with Gasteiger partial charge in [0.2, 0.25) is 5.91 Å². The van der Waals surface area contributed by atoms with Crippen LogP contribution in [-0.4, -0.2) is 27.7 Å². The molecule has 0 bridgehead atoms. The van der Waals surface area contributed by atoms with Crippen molar-refractivity contribution in [2.75, 3.05) is 5.75 Å². The number of nitrogens with zero attached hydrogens (tertiary/aromatic N) is 1. The van der Waals surface area contributed by atoms with Crippen molar-refractivity contribution in [1.82, 2.24) is 10.3 Å². The molecule has 1 unspecified atom stereocenters. The van der Waals surface area contributed by atoms with Crippen molar-refractivity contribution < 1.29 is 14.7 Å². The van der Waals surface area contributed by atoms with Crippen LogP contribution in [0, 0.1) is 0 Å². The van der Waals surface area contributed by atoms with Crippen LogP contribution in [0.5, 0.6) is 0 Å². The summed E-state index contributed by atoms with van der Waals surface area (Å²) in [6.07, 6.45) is 0.985. The summed E-state index contributed by atoms with van der Waals surface area (Å²) in [7, 11) is 0. The van der Waals surface area contributed by atoms with Crippen molar-refractivity contribution in [1.29, 1.82) is 0 Å². The molecule has 0 spiro atoms. The van der Waals surface area contributed by atoms with Crippen LogP contribution in [-0.2, 0) is 17.8 Å². The number of amides is 1. The van der Waals surface area contributed by atoms with Gasteiger partial charge < -0.3 is 10.4 Å². The van der Waals surface area contributed by atoms with Crippen LogP contribution in [0.1, 0.15) is 31.9 Å². The molecule has 0 radical (unpaired) electrons. The smallest absolute Gasteiger partial charge is 0.355 e. The topological polar surface area (TPSA) is 79.3 Å². The van der Waals surface area contributed by atoms with E-state index in [0.717, 1.165) is 17.7 Å². The molecule has 114 valence electrons. The zero-order valence-corrected chi connectivity index (χ0v) is 13.2. The minimum atomic E-state index is -1.05. The van der Waals surface area contributed by atoms with Crippen molar-refractivity contribution >= 4 is 35.0 Å². The fraction of sp³-hybridized carbons (Fsp3) is 0.267. The number of aromatic carboxylic acids is 1. The third-order valence-electron chi connectivity index (χ3n) is 3.42. The molecular weight excluding hydrogens is 320 g/mol. The van der Waals surface area contributed by atoms with Gasteiger partial charge in [0.15, 0.2) is 5.69 Å². The van der Waals surface area contributed by atoms with Gasteiger partial charge in [-0.05, 0) is 23.3 Å². The Balaban J connectivity index is 1.66. The van der Waals surface area contributed by atoms with Crippen LogP contribution in [0.3, 0.4) is 0 Å². The van der Waals surface area contributed by atoms with Crippen LogP contribution >= 0.6 is 23.1 Å². The van der Waals surface area contributed by atoms with Crippen molar-refractivity contribution in [2.45, 2.75) is 18.2 Å². The Morgan fingerprint density at radius 1 is 1.36 bits per heavy atom.